The van der Waals surface area contributed by atoms with Crippen molar-refractivity contribution in [3.8, 4) is 55.9 Å². The van der Waals surface area contributed by atoms with Crippen LogP contribution in [0.4, 0.5) is 0 Å². The number of fused-ring (bicyclic) bond motifs is 9. The molecule has 0 saturated carbocycles. The fourth-order valence-corrected chi connectivity index (χ4v) is 9.07. The highest BCUT2D eigenvalue weighted by atomic mass is 32.1. The monoisotopic (exact) mass is 748 g/mol. The summed E-state index contributed by atoms with van der Waals surface area (Å²) in [6, 6.07) is 58.1. The van der Waals surface area contributed by atoms with Gasteiger partial charge in [0.2, 0.25) is 0 Å². The Morgan fingerprint density at radius 3 is 1.91 bits per heavy atom. The van der Waals surface area contributed by atoms with Gasteiger partial charge in [0.25, 0.3) is 0 Å². The van der Waals surface area contributed by atoms with Gasteiger partial charge in [0, 0.05) is 49.4 Å². The highest BCUT2D eigenvalue weighted by Crippen LogP contribution is 2.43. The van der Waals surface area contributed by atoms with Crippen molar-refractivity contribution in [2.24, 2.45) is 0 Å². The summed E-state index contributed by atoms with van der Waals surface area (Å²) in [5, 5.41) is 7.73. The fourth-order valence-electron chi connectivity index (χ4n) is 7.96. The van der Waals surface area contributed by atoms with E-state index >= 15 is 0 Å². The molecular weight excluding hydrogens is 721 g/mol. The minimum absolute atomic E-state index is 0.579. The van der Waals surface area contributed by atoms with Crippen molar-refractivity contribution in [3.63, 3.8) is 0 Å². The van der Waals surface area contributed by atoms with E-state index < -0.39 is 0 Å². The Labute approximate surface area is 329 Å². The van der Waals surface area contributed by atoms with E-state index in [0.717, 1.165) is 92.5 Å². The molecule has 0 saturated heterocycles. The lowest BCUT2D eigenvalue weighted by atomic mass is 10.0. The molecule has 0 atom stereocenters. The minimum Gasteiger partial charge on any atom is -0.456 e. The maximum absolute atomic E-state index is 6.65. The van der Waals surface area contributed by atoms with Crippen molar-refractivity contribution in [1.29, 1.82) is 0 Å². The normalized spacial score (nSPS) is 11.9. The molecule has 8 aromatic carbocycles. The molecule has 0 amide bonds. The number of hydrogen-bond acceptors (Lipinski definition) is 7. The molecule has 266 valence electrons. The zero-order valence-corrected chi connectivity index (χ0v) is 31.0. The van der Waals surface area contributed by atoms with Crippen LogP contribution in [0, 0.1) is 0 Å². The first-order valence-electron chi connectivity index (χ1n) is 18.8. The molecule has 0 fully saturated rings. The molecule has 12 rings (SSSR count). The van der Waals surface area contributed by atoms with E-state index in [2.05, 4.69) is 109 Å². The number of aromatic nitrogens is 4. The molecule has 0 bridgehead atoms. The molecule has 4 heterocycles. The van der Waals surface area contributed by atoms with Gasteiger partial charge in [0.05, 0.1) is 10.2 Å². The number of nitrogens with zero attached hydrogens (tertiary/aromatic N) is 4. The summed E-state index contributed by atoms with van der Waals surface area (Å²) >= 11 is 1.71. The van der Waals surface area contributed by atoms with Crippen molar-refractivity contribution in [2.45, 2.75) is 0 Å². The SMILES string of the molecule is c1ccc(-c2nc(-c3ccc(-c4cccc5c4oc4ccc6nc(-c7ccc8ccccc8c7)sc6c45)cc3)nc(-c3ccc4c(c3)oc3ccccc34)n2)cc1. The van der Waals surface area contributed by atoms with Gasteiger partial charge in [0.15, 0.2) is 17.5 Å². The average molecular weight is 749 g/mol. The topological polar surface area (TPSA) is 77.8 Å². The third-order valence-corrected chi connectivity index (χ3v) is 11.9. The van der Waals surface area contributed by atoms with Gasteiger partial charge in [-0.2, -0.15) is 0 Å². The second kappa shape index (κ2) is 12.5. The molecule has 57 heavy (non-hydrogen) atoms. The van der Waals surface area contributed by atoms with E-state index in [4.69, 9.17) is 28.8 Å². The second-order valence-electron chi connectivity index (χ2n) is 14.2. The smallest absolute Gasteiger partial charge is 0.164 e. The van der Waals surface area contributed by atoms with Gasteiger partial charge in [-0.25, -0.2) is 19.9 Å². The van der Waals surface area contributed by atoms with Crippen LogP contribution >= 0.6 is 11.3 Å². The predicted octanol–water partition coefficient (Wildman–Crippen LogP) is 13.8. The molecule has 0 aliphatic rings. The Balaban J connectivity index is 0.939. The lowest BCUT2D eigenvalue weighted by molar-refractivity contribution is 0.669. The summed E-state index contributed by atoms with van der Waals surface area (Å²) in [6.45, 7) is 0. The minimum atomic E-state index is 0.579. The van der Waals surface area contributed by atoms with Gasteiger partial charge in [0.1, 0.15) is 27.3 Å². The maximum atomic E-state index is 6.65. The molecular formula is C50H28N4O2S. The largest absolute Gasteiger partial charge is 0.456 e. The summed E-state index contributed by atoms with van der Waals surface area (Å²) < 4.78 is 14.0. The lowest BCUT2D eigenvalue weighted by Crippen LogP contribution is -2.00. The van der Waals surface area contributed by atoms with Crippen molar-refractivity contribution < 1.29 is 8.83 Å². The molecule has 0 aliphatic carbocycles. The predicted molar refractivity (Wildman–Crippen MR) is 232 cm³/mol. The van der Waals surface area contributed by atoms with Gasteiger partial charge >= 0.3 is 0 Å². The summed E-state index contributed by atoms with van der Waals surface area (Å²) in [7, 11) is 0. The number of hydrogen-bond donors (Lipinski definition) is 0. The zero-order valence-electron chi connectivity index (χ0n) is 30.2. The third kappa shape index (κ3) is 5.24. The number of benzene rings is 8. The number of furan rings is 2. The zero-order chi connectivity index (χ0) is 37.5. The van der Waals surface area contributed by atoms with Crippen molar-refractivity contribution >= 4 is 76.2 Å². The lowest BCUT2D eigenvalue weighted by Gasteiger charge is -2.09. The summed E-state index contributed by atoms with van der Waals surface area (Å²) in [5.74, 6) is 1.77. The Kier molecular flexibility index (Phi) is 7.00. The quantitative estimate of drug-likeness (QED) is 0.174. The summed E-state index contributed by atoms with van der Waals surface area (Å²) in [4.78, 5) is 20.0. The van der Waals surface area contributed by atoms with Gasteiger partial charge in [-0.05, 0) is 52.7 Å². The summed E-state index contributed by atoms with van der Waals surface area (Å²) in [5.41, 5.74) is 10.1. The molecule has 6 nitrogen and oxygen atoms in total. The van der Waals surface area contributed by atoms with E-state index in [9.17, 15) is 0 Å². The Bertz CT molecular complexity index is 3530. The summed E-state index contributed by atoms with van der Waals surface area (Å²) in [6.07, 6.45) is 0. The van der Waals surface area contributed by atoms with Crippen LogP contribution < -0.4 is 0 Å². The van der Waals surface area contributed by atoms with Crippen LogP contribution in [0.5, 0.6) is 0 Å². The first-order valence-corrected chi connectivity index (χ1v) is 19.6. The molecule has 0 N–H and O–H groups in total. The Morgan fingerprint density at radius 1 is 0.386 bits per heavy atom. The van der Waals surface area contributed by atoms with Crippen LogP contribution in [0.1, 0.15) is 0 Å². The molecule has 0 radical (unpaired) electrons. The molecule has 7 heteroatoms. The number of thiazole rings is 1. The molecule has 0 aliphatic heterocycles. The van der Waals surface area contributed by atoms with Gasteiger partial charge in [-0.3, -0.25) is 0 Å². The van der Waals surface area contributed by atoms with E-state index in [-0.39, 0.29) is 0 Å². The second-order valence-corrected chi connectivity index (χ2v) is 15.2. The van der Waals surface area contributed by atoms with Gasteiger partial charge in [-0.1, -0.05) is 133 Å². The first-order chi connectivity index (χ1) is 28.2. The molecule has 12 aromatic rings. The maximum Gasteiger partial charge on any atom is 0.164 e. The van der Waals surface area contributed by atoms with Crippen molar-refractivity contribution in [3.05, 3.63) is 170 Å². The standard InChI is InChI=1S/C50H28N4O2S/c1-2-10-31(11-3-1)47-52-48(54-49(53-47)34-23-24-38-37-13-6-7-16-41(37)55-43(38)28-34)32-20-18-30(19-21-32)36-14-8-15-39-44-42(56-45(36)39)26-25-40-46(44)57-50(51-40)35-22-17-29-9-4-5-12-33(29)27-35/h1-28H. The average Bonchev–Trinajstić information content (AvgIpc) is 3.99. The van der Waals surface area contributed by atoms with E-state index in [1.165, 1.54) is 10.8 Å². The Morgan fingerprint density at radius 2 is 1.05 bits per heavy atom. The van der Waals surface area contributed by atoms with Crippen LogP contribution in [0.3, 0.4) is 0 Å². The molecule has 0 spiro atoms. The van der Waals surface area contributed by atoms with Crippen LogP contribution in [0.2, 0.25) is 0 Å². The van der Waals surface area contributed by atoms with E-state index in [1.54, 1.807) is 11.3 Å². The van der Waals surface area contributed by atoms with Crippen molar-refractivity contribution in [1.82, 2.24) is 19.9 Å². The van der Waals surface area contributed by atoms with Crippen LogP contribution in [-0.2, 0) is 0 Å². The first kappa shape index (κ1) is 31.8. The van der Waals surface area contributed by atoms with Crippen molar-refractivity contribution in [2.75, 3.05) is 0 Å². The highest BCUT2D eigenvalue weighted by Gasteiger charge is 2.19. The van der Waals surface area contributed by atoms with Crippen LogP contribution in [0.15, 0.2) is 179 Å². The molecule has 0 unspecified atom stereocenters. The Hall–Kier alpha value is -7.48. The van der Waals surface area contributed by atoms with Gasteiger partial charge in [-0.15, -0.1) is 11.3 Å². The van der Waals surface area contributed by atoms with E-state index in [1.807, 2.05) is 60.7 Å². The van der Waals surface area contributed by atoms with E-state index in [0.29, 0.717) is 17.5 Å². The third-order valence-electron chi connectivity index (χ3n) is 10.8. The van der Waals surface area contributed by atoms with Crippen LogP contribution in [0.25, 0.3) is 121 Å². The number of para-hydroxylation sites is 2. The number of rotatable bonds is 5. The molecule has 4 aromatic heterocycles. The fraction of sp³-hybridized carbons (Fsp3) is 0. The van der Waals surface area contributed by atoms with Crippen LogP contribution in [-0.4, -0.2) is 19.9 Å². The van der Waals surface area contributed by atoms with Gasteiger partial charge < -0.3 is 8.83 Å². The highest BCUT2D eigenvalue weighted by molar-refractivity contribution is 7.22.